The molecule has 0 bridgehead atoms. The Balaban J connectivity index is 2.22. The zero-order valence-electron chi connectivity index (χ0n) is 13.3. The molecule has 7 heteroatoms. The monoisotopic (exact) mass is 330 g/mol. The van der Waals surface area contributed by atoms with Crippen LogP contribution < -0.4 is 29.1 Å². The van der Waals surface area contributed by atoms with Gasteiger partial charge in [-0.3, -0.25) is 4.79 Å². The number of fused-ring (bicyclic) bond motifs is 3. The lowest BCUT2D eigenvalue weighted by Crippen LogP contribution is -2.07. The molecule has 124 valence electrons. The van der Waals surface area contributed by atoms with Crippen molar-refractivity contribution in [3.05, 3.63) is 28.4 Å². The van der Waals surface area contributed by atoms with Gasteiger partial charge in [-0.1, -0.05) is 0 Å². The summed E-state index contributed by atoms with van der Waals surface area (Å²) in [5.41, 5.74) is 0.434. The van der Waals surface area contributed by atoms with Crippen LogP contribution >= 0.6 is 0 Å². The summed E-state index contributed by atoms with van der Waals surface area (Å²) < 4.78 is 32.7. The van der Waals surface area contributed by atoms with E-state index in [2.05, 4.69) is 0 Å². The minimum absolute atomic E-state index is 0.0624. The third-order valence-corrected chi connectivity index (χ3v) is 3.97. The first-order chi connectivity index (χ1) is 11.7. The summed E-state index contributed by atoms with van der Waals surface area (Å²) in [4.78, 5) is 13.1. The minimum atomic E-state index is -0.294. The van der Waals surface area contributed by atoms with E-state index in [1.807, 2.05) is 0 Å². The van der Waals surface area contributed by atoms with Crippen LogP contribution in [-0.4, -0.2) is 28.1 Å². The van der Waals surface area contributed by atoms with Gasteiger partial charge in [-0.2, -0.15) is 0 Å². The van der Waals surface area contributed by atoms with Crippen LogP contribution in [0.2, 0.25) is 0 Å². The maximum Gasteiger partial charge on any atom is 0.231 e. The van der Waals surface area contributed by atoms with Crippen LogP contribution in [0.4, 0.5) is 0 Å². The molecule has 1 aliphatic rings. The Bertz CT molecular complexity index is 1020. The smallest absolute Gasteiger partial charge is 0.231 e. The van der Waals surface area contributed by atoms with E-state index in [0.29, 0.717) is 34.2 Å². The summed E-state index contributed by atoms with van der Waals surface area (Å²) in [6.07, 6.45) is 0. The summed E-state index contributed by atoms with van der Waals surface area (Å²) in [5, 5.41) is 0.544. The molecule has 0 spiro atoms. The van der Waals surface area contributed by atoms with Crippen LogP contribution in [0.15, 0.2) is 27.4 Å². The Morgan fingerprint density at radius 3 is 2.38 bits per heavy atom. The average molecular weight is 330 g/mol. The summed E-state index contributed by atoms with van der Waals surface area (Å²) in [5.74, 6) is 1.89. The fourth-order valence-corrected chi connectivity index (χ4v) is 2.93. The maximum absolute atomic E-state index is 13.1. The molecular formula is C17H14O7. The molecule has 0 saturated heterocycles. The first kappa shape index (κ1) is 14.5. The summed E-state index contributed by atoms with van der Waals surface area (Å²) in [6.45, 7) is 0.0624. The van der Waals surface area contributed by atoms with E-state index in [1.54, 1.807) is 18.2 Å². The van der Waals surface area contributed by atoms with Crippen LogP contribution in [0.25, 0.3) is 21.9 Å². The third kappa shape index (κ3) is 1.81. The van der Waals surface area contributed by atoms with Crippen molar-refractivity contribution in [1.29, 1.82) is 0 Å². The predicted octanol–water partition coefficient (Wildman–Crippen LogP) is 2.70. The lowest BCUT2D eigenvalue weighted by molar-refractivity contribution is 0.171. The van der Waals surface area contributed by atoms with Gasteiger partial charge in [0.2, 0.25) is 18.0 Å². The average Bonchev–Trinajstić information content (AvgIpc) is 3.07. The van der Waals surface area contributed by atoms with Crippen molar-refractivity contribution in [2.45, 2.75) is 0 Å². The molecule has 0 saturated carbocycles. The largest absolute Gasteiger partial charge is 0.493 e. The fourth-order valence-electron chi connectivity index (χ4n) is 2.93. The normalized spacial score (nSPS) is 12.6. The fraction of sp³-hybridized carbons (Fsp3) is 0.235. The molecule has 3 aromatic rings. The quantitative estimate of drug-likeness (QED) is 0.683. The number of methoxy groups -OCH3 is 3. The molecule has 0 N–H and O–H groups in total. The standard InChI is InChI=1S/C17H14O7/c1-19-9-5-4-8-12(15(9)20-2)14(18)13-10(24-8)6-11-16(17(13)21-3)23-7-22-11/h4-6H,7H2,1-3H3. The van der Waals surface area contributed by atoms with Crippen molar-refractivity contribution >= 4 is 21.9 Å². The molecule has 24 heavy (non-hydrogen) atoms. The third-order valence-electron chi connectivity index (χ3n) is 3.97. The van der Waals surface area contributed by atoms with Crippen molar-refractivity contribution in [2.24, 2.45) is 0 Å². The lowest BCUT2D eigenvalue weighted by atomic mass is 10.1. The Kier molecular flexibility index (Phi) is 3.16. The number of benzene rings is 2. The lowest BCUT2D eigenvalue weighted by Gasteiger charge is -2.12. The van der Waals surface area contributed by atoms with E-state index < -0.39 is 0 Å². The van der Waals surface area contributed by atoms with E-state index in [9.17, 15) is 4.79 Å². The molecule has 1 aliphatic heterocycles. The highest BCUT2D eigenvalue weighted by atomic mass is 16.7. The first-order valence-corrected chi connectivity index (χ1v) is 7.17. The SMILES string of the molecule is COc1ccc2oc3cc4c(c(OC)c3c(=O)c2c1OC)OCO4. The molecule has 0 amide bonds. The van der Waals surface area contributed by atoms with Crippen LogP contribution in [0, 0.1) is 0 Å². The second-order valence-corrected chi connectivity index (χ2v) is 5.12. The Morgan fingerprint density at radius 2 is 1.67 bits per heavy atom. The molecule has 0 radical (unpaired) electrons. The second-order valence-electron chi connectivity index (χ2n) is 5.12. The molecule has 4 rings (SSSR count). The van der Waals surface area contributed by atoms with Crippen molar-refractivity contribution in [1.82, 2.24) is 0 Å². The summed E-state index contributed by atoms with van der Waals surface area (Å²) in [6, 6.07) is 4.96. The molecule has 0 aliphatic carbocycles. The summed E-state index contributed by atoms with van der Waals surface area (Å²) in [7, 11) is 4.44. The van der Waals surface area contributed by atoms with E-state index in [4.69, 9.17) is 28.1 Å². The van der Waals surface area contributed by atoms with Gasteiger partial charge in [0, 0.05) is 6.07 Å². The first-order valence-electron chi connectivity index (χ1n) is 7.17. The zero-order chi connectivity index (χ0) is 16.8. The topological polar surface area (TPSA) is 76.4 Å². The highest BCUT2D eigenvalue weighted by Gasteiger charge is 2.27. The van der Waals surface area contributed by atoms with Gasteiger partial charge in [0.25, 0.3) is 0 Å². The van der Waals surface area contributed by atoms with Gasteiger partial charge in [-0.15, -0.1) is 0 Å². The molecule has 0 atom stereocenters. The Hall–Kier alpha value is -3.09. The van der Waals surface area contributed by atoms with Gasteiger partial charge in [0.15, 0.2) is 23.0 Å². The molecule has 0 fully saturated rings. The molecule has 7 nitrogen and oxygen atoms in total. The van der Waals surface area contributed by atoms with Crippen molar-refractivity contribution in [3.63, 3.8) is 0 Å². The molecule has 1 aromatic heterocycles. The number of hydrogen-bond acceptors (Lipinski definition) is 7. The molecule has 2 aromatic carbocycles. The van der Waals surface area contributed by atoms with E-state index in [1.165, 1.54) is 21.3 Å². The van der Waals surface area contributed by atoms with Crippen LogP contribution in [0.1, 0.15) is 0 Å². The van der Waals surface area contributed by atoms with Gasteiger partial charge in [-0.25, -0.2) is 0 Å². The molecule has 2 heterocycles. The van der Waals surface area contributed by atoms with E-state index >= 15 is 0 Å². The number of hydrogen-bond donors (Lipinski definition) is 0. The van der Waals surface area contributed by atoms with E-state index in [-0.39, 0.29) is 28.7 Å². The zero-order valence-corrected chi connectivity index (χ0v) is 13.3. The van der Waals surface area contributed by atoms with E-state index in [0.717, 1.165) is 0 Å². The van der Waals surface area contributed by atoms with Gasteiger partial charge in [-0.05, 0) is 12.1 Å². The van der Waals surface area contributed by atoms with Gasteiger partial charge in [0.05, 0.1) is 21.3 Å². The van der Waals surface area contributed by atoms with Crippen LogP contribution in [-0.2, 0) is 0 Å². The van der Waals surface area contributed by atoms with Gasteiger partial charge in [0.1, 0.15) is 21.9 Å². The second kappa shape index (κ2) is 5.23. The minimum Gasteiger partial charge on any atom is -0.493 e. The summed E-state index contributed by atoms with van der Waals surface area (Å²) >= 11 is 0. The van der Waals surface area contributed by atoms with Crippen LogP contribution in [0.5, 0.6) is 28.7 Å². The van der Waals surface area contributed by atoms with Crippen LogP contribution in [0.3, 0.4) is 0 Å². The molecule has 0 unspecified atom stereocenters. The van der Waals surface area contributed by atoms with Crippen molar-refractivity contribution in [3.8, 4) is 28.7 Å². The highest BCUT2D eigenvalue weighted by Crippen LogP contribution is 2.46. The maximum atomic E-state index is 13.1. The Morgan fingerprint density at radius 1 is 0.917 bits per heavy atom. The predicted molar refractivity (Wildman–Crippen MR) is 85.8 cm³/mol. The Labute approximate surface area is 136 Å². The highest BCUT2D eigenvalue weighted by molar-refractivity contribution is 5.99. The number of ether oxygens (including phenoxy) is 5. The number of rotatable bonds is 3. The van der Waals surface area contributed by atoms with Crippen molar-refractivity contribution in [2.75, 3.05) is 28.1 Å². The van der Waals surface area contributed by atoms with Crippen molar-refractivity contribution < 1.29 is 28.1 Å². The van der Waals surface area contributed by atoms with Gasteiger partial charge >= 0.3 is 0 Å². The molecular weight excluding hydrogens is 316 g/mol. The van der Waals surface area contributed by atoms with Gasteiger partial charge < -0.3 is 28.1 Å².